The van der Waals surface area contributed by atoms with E-state index in [1.807, 2.05) is 25.1 Å². The summed E-state index contributed by atoms with van der Waals surface area (Å²) in [6.45, 7) is 6.29. The van der Waals surface area contributed by atoms with E-state index >= 15 is 0 Å². The number of nitrogens with two attached hydrogens (primary N) is 1. The van der Waals surface area contributed by atoms with E-state index in [2.05, 4.69) is 21.3 Å². The van der Waals surface area contributed by atoms with Crippen LogP contribution in [0.15, 0.2) is 29.3 Å². The minimum atomic E-state index is 0.0840. The van der Waals surface area contributed by atoms with Crippen molar-refractivity contribution in [2.75, 3.05) is 46.6 Å². The highest BCUT2D eigenvalue weighted by atomic mass is 35.5. The van der Waals surface area contributed by atoms with Gasteiger partial charge in [-0.15, -0.1) is 0 Å². The van der Waals surface area contributed by atoms with Crippen molar-refractivity contribution in [1.29, 1.82) is 0 Å². The van der Waals surface area contributed by atoms with Crippen LogP contribution in [0.4, 0.5) is 0 Å². The second-order valence-electron chi connectivity index (χ2n) is 5.91. The molecular formula is C17H27ClN4O2. The quantitative estimate of drug-likeness (QED) is 0.575. The molecule has 2 rings (SSSR count). The van der Waals surface area contributed by atoms with Crippen molar-refractivity contribution in [3.8, 4) is 0 Å². The molecule has 1 aliphatic rings. The number of methoxy groups -OCH3 is 1. The Hall–Kier alpha value is -1.34. The van der Waals surface area contributed by atoms with Gasteiger partial charge >= 0.3 is 0 Å². The standard InChI is InChI=1S/C17H27ClN4O2/c1-13(12-23-2)21-17(19)20-11-16(22-7-9-24-10-8-22)14-5-3-4-6-15(14)18/h3-6,13,16H,7-12H2,1-2H3,(H3,19,20,21). The smallest absolute Gasteiger partial charge is 0.188 e. The van der Waals surface area contributed by atoms with Crippen molar-refractivity contribution in [1.82, 2.24) is 10.2 Å². The second-order valence-corrected chi connectivity index (χ2v) is 6.32. The van der Waals surface area contributed by atoms with Crippen LogP contribution in [0.5, 0.6) is 0 Å². The zero-order valence-electron chi connectivity index (χ0n) is 14.4. The fraction of sp³-hybridized carbons (Fsp3) is 0.588. The topological polar surface area (TPSA) is 72.1 Å². The van der Waals surface area contributed by atoms with Crippen molar-refractivity contribution in [3.63, 3.8) is 0 Å². The van der Waals surface area contributed by atoms with Gasteiger partial charge in [-0.25, -0.2) is 0 Å². The lowest BCUT2D eigenvalue weighted by atomic mass is 10.0. The molecule has 0 aliphatic carbocycles. The van der Waals surface area contributed by atoms with Crippen molar-refractivity contribution < 1.29 is 9.47 Å². The van der Waals surface area contributed by atoms with Gasteiger partial charge in [-0.2, -0.15) is 0 Å². The maximum Gasteiger partial charge on any atom is 0.188 e. The van der Waals surface area contributed by atoms with Crippen molar-refractivity contribution in [2.45, 2.75) is 19.0 Å². The molecule has 0 radical (unpaired) electrons. The van der Waals surface area contributed by atoms with Crippen LogP contribution in [0.25, 0.3) is 0 Å². The monoisotopic (exact) mass is 354 g/mol. The SMILES string of the molecule is COCC(C)NC(N)=NCC(c1ccccc1Cl)N1CCOCC1. The van der Waals surface area contributed by atoms with Crippen molar-refractivity contribution in [3.05, 3.63) is 34.9 Å². The van der Waals surface area contributed by atoms with E-state index < -0.39 is 0 Å². The summed E-state index contributed by atoms with van der Waals surface area (Å²) in [7, 11) is 1.66. The number of guanidine groups is 1. The minimum absolute atomic E-state index is 0.0840. The molecular weight excluding hydrogens is 328 g/mol. The fourth-order valence-electron chi connectivity index (χ4n) is 2.82. The lowest BCUT2D eigenvalue weighted by Crippen LogP contribution is -2.43. The first-order valence-electron chi connectivity index (χ1n) is 8.23. The molecule has 0 bridgehead atoms. The van der Waals surface area contributed by atoms with Crippen molar-refractivity contribution in [2.24, 2.45) is 10.7 Å². The third-order valence-electron chi connectivity index (χ3n) is 4.00. The van der Waals surface area contributed by atoms with Gasteiger partial charge in [-0.05, 0) is 18.6 Å². The van der Waals surface area contributed by atoms with Gasteiger partial charge in [0.2, 0.25) is 0 Å². The molecule has 0 spiro atoms. The van der Waals surface area contributed by atoms with E-state index in [4.69, 9.17) is 26.8 Å². The Morgan fingerprint density at radius 2 is 2.12 bits per heavy atom. The molecule has 0 amide bonds. The maximum atomic E-state index is 6.41. The van der Waals surface area contributed by atoms with E-state index in [1.165, 1.54) is 0 Å². The normalized spacial score (nSPS) is 19.0. The summed E-state index contributed by atoms with van der Waals surface area (Å²) < 4.78 is 10.6. The fourth-order valence-corrected chi connectivity index (χ4v) is 3.08. The highest BCUT2D eigenvalue weighted by molar-refractivity contribution is 6.31. The largest absolute Gasteiger partial charge is 0.383 e. The molecule has 2 unspecified atom stereocenters. The van der Waals surface area contributed by atoms with Gasteiger partial charge in [0.1, 0.15) is 0 Å². The Morgan fingerprint density at radius 1 is 1.42 bits per heavy atom. The average Bonchev–Trinajstić information content (AvgIpc) is 2.57. The number of benzene rings is 1. The number of hydrogen-bond donors (Lipinski definition) is 2. The molecule has 0 aromatic heterocycles. The Balaban J connectivity index is 2.10. The highest BCUT2D eigenvalue weighted by Crippen LogP contribution is 2.28. The van der Waals surface area contributed by atoms with Crippen LogP contribution in [0, 0.1) is 0 Å². The lowest BCUT2D eigenvalue weighted by molar-refractivity contribution is 0.0180. The molecule has 1 aromatic rings. The van der Waals surface area contributed by atoms with Crippen LogP contribution in [0.3, 0.4) is 0 Å². The first-order chi connectivity index (χ1) is 11.6. The van der Waals surface area contributed by atoms with Gasteiger partial charge in [-0.3, -0.25) is 9.89 Å². The summed E-state index contributed by atoms with van der Waals surface area (Å²) in [5.74, 6) is 0.421. The zero-order chi connectivity index (χ0) is 17.4. The van der Waals surface area contributed by atoms with Crippen LogP contribution >= 0.6 is 11.6 Å². The van der Waals surface area contributed by atoms with Crippen LogP contribution in [-0.4, -0.2) is 63.5 Å². The Bertz CT molecular complexity index is 535. The number of nitrogens with zero attached hydrogens (tertiary/aromatic N) is 2. The molecule has 3 N–H and O–H groups in total. The van der Waals surface area contributed by atoms with Gasteiger partial charge in [0.25, 0.3) is 0 Å². The Labute approximate surface area is 149 Å². The molecule has 134 valence electrons. The average molecular weight is 355 g/mol. The number of morpholine rings is 1. The number of aliphatic imine (C=N–C) groups is 1. The van der Waals surface area contributed by atoms with Gasteiger partial charge in [0.05, 0.1) is 32.4 Å². The van der Waals surface area contributed by atoms with Crippen LogP contribution in [0.1, 0.15) is 18.5 Å². The van der Waals surface area contributed by atoms with Gasteiger partial charge < -0.3 is 20.5 Å². The summed E-state index contributed by atoms with van der Waals surface area (Å²) >= 11 is 6.41. The predicted octanol–water partition coefficient (Wildman–Crippen LogP) is 1.65. The molecule has 24 heavy (non-hydrogen) atoms. The number of halogens is 1. The molecule has 1 saturated heterocycles. The Kier molecular flexibility index (Phi) is 7.78. The summed E-state index contributed by atoms with van der Waals surface area (Å²) in [4.78, 5) is 6.87. The summed E-state index contributed by atoms with van der Waals surface area (Å²) in [5, 5.41) is 3.88. The number of nitrogens with one attached hydrogen (secondary N) is 1. The van der Waals surface area contributed by atoms with Crippen LogP contribution in [0.2, 0.25) is 5.02 Å². The Morgan fingerprint density at radius 3 is 2.79 bits per heavy atom. The third kappa shape index (κ3) is 5.63. The molecule has 1 heterocycles. The first-order valence-corrected chi connectivity index (χ1v) is 8.61. The molecule has 0 saturated carbocycles. The number of rotatable bonds is 7. The molecule has 1 aromatic carbocycles. The predicted molar refractivity (Wildman–Crippen MR) is 97.5 cm³/mol. The minimum Gasteiger partial charge on any atom is -0.383 e. The molecule has 1 aliphatic heterocycles. The molecule has 7 heteroatoms. The zero-order valence-corrected chi connectivity index (χ0v) is 15.1. The second kappa shape index (κ2) is 9.84. The molecule has 6 nitrogen and oxygen atoms in total. The van der Waals surface area contributed by atoms with E-state index in [0.29, 0.717) is 19.1 Å². The summed E-state index contributed by atoms with van der Waals surface area (Å²) in [6.07, 6.45) is 0. The summed E-state index contributed by atoms with van der Waals surface area (Å²) in [6, 6.07) is 8.10. The van der Waals surface area contributed by atoms with E-state index in [0.717, 1.165) is 36.9 Å². The van der Waals surface area contributed by atoms with E-state index in [9.17, 15) is 0 Å². The van der Waals surface area contributed by atoms with Gasteiger partial charge in [-0.1, -0.05) is 29.8 Å². The lowest BCUT2D eigenvalue weighted by Gasteiger charge is -2.34. The maximum absolute atomic E-state index is 6.41. The van der Waals surface area contributed by atoms with Crippen molar-refractivity contribution >= 4 is 17.6 Å². The molecule has 2 atom stereocenters. The van der Waals surface area contributed by atoms with Crippen LogP contribution < -0.4 is 11.1 Å². The van der Waals surface area contributed by atoms with Crippen LogP contribution in [-0.2, 0) is 9.47 Å². The first kappa shape index (κ1) is 19.0. The number of hydrogen-bond acceptors (Lipinski definition) is 4. The molecule has 1 fully saturated rings. The highest BCUT2D eigenvalue weighted by Gasteiger charge is 2.24. The summed E-state index contributed by atoms with van der Waals surface area (Å²) in [5.41, 5.74) is 7.08. The third-order valence-corrected chi connectivity index (χ3v) is 4.34. The van der Waals surface area contributed by atoms with E-state index in [1.54, 1.807) is 7.11 Å². The van der Waals surface area contributed by atoms with Gasteiger partial charge in [0.15, 0.2) is 5.96 Å². The van der Waals surface area contributed by atoms with E-state index in [-0.39, 0.29) is 12.1 Å². The van der Waals surface area contributed by atoms with Gasteiger partial charge in [0, 0.05) is 31.3 Å². The number of ether oxygens (including phenoxy) is 2.